The lowest BCUT2D eigenvalue weighted by molar-refractivity contribution is -0.384. The van der Waals surface area contributed by atoms with Gasteiger partial charge in [0.1, 0.15) is 0 Å². The number of hydrogen-bond acceptors (Lipinski definition) is 5. The van der Waals surface area contributed by atoms with Crippen molar-refractivity contribution in [2.75, 3.05) is 43.0 Å². The fourth-order valence-corrected chi connectivity index (χ4v) is 4.37. The zero-order chi connectivity index (χ0) is 21.3. The molecule has 2 aliphatic rings. The molecule has 158 valence electrons. The predicted octanol–water partition coefficient (Wildman–Crippen LogP) is 3.92. The Morgan fingerprint density at radius 1 is 1.03 bits per heavy atom. The summed E-state index contributed by atoms with van der Waals surface area (Å²) in [6.07, 6.45) is 2.12. The number of piperidine rings is 1. The summed E-state index contributed by atoms with van der Waals surface area (Å²) in [5, 5.41) is 11.4. The predicted molar refractivity (Wildman–Crippen MR) is 118 cm³/mol. The third-order valence-corrected chi connectivity index (χ3v) is 6.30. The van der Waals surface area contributed by atoms with E-state index < -0.39 is 4.92 Å². The maximum atomic E-state index is 13.6. The summed E-state index contributed by atoms with van der Waals surface area (Å²) in [6, 6.07) is 12.8. The second kappa shape index (κ2) is 8.34. The second-order valence-electron chi connectivity index (χ2n) is 8.41. The Bertz CT molecular complexity index is 953. The summed E-state index contributed by atoms with van der Waals surface area (Å²) in [6.45, 7) is 5.76. The molecule has 2 heterocycles. The highest BCUT2D eigenvalue weighted by Gasteiger charge is 2.28. The average Bonchev–Trinajstić information content (AvgIpc) is 2.92. The van der Waals surface area contributed by atoms with Crippen LogP contribution >= 0.6 is 0 Å². The van der Waals surface area contributed by atoms with Gasteiger partial charge >= 0.3 is 0 Å². The molecule has 2 aromatic carbocycles. The van der Waals surface area contributed by atoms with E-state index >= 15 is 0 Å². The first-order chi connectivity index (χ1) is 14.4. The Morgan fingerprint density at radius 3 is 2.50 bits per heavy atom. The van der Waals surface area contributed by atoms with Gasteiger partial charge in [-0.2, -0.15) is 0 Å². The number of para-hydroxylation sites is 1. The first-order valence-electron chi connectivity index (χ1n) is 10.6. The summed E-state index contributed by atoms with van der Waals surface area (Å²) in [5.74, 6) is 0.522. The average molecular weight is 409 g/mol. The molecule has 4 rings (SSSR count). The van der Waals surface area contributed by atoms with Crippen molar-refractivity contribution in [1.29, 1.82) is 0 Å². The largest absolute Gasteiger partial charge is 0.373 e. The minimum atomic E-state index is -0.426. The Balaban J connectivity index is 1.68. The quantitative estimate of drug-likeness (QED) is 0.569. The van der Waals surface area contributed by atoms with Gasteiger partial charge in [0.15, 0.2) is 0 Å². The minimum absolute atomic E-state index is 0.0418. The van der Waals surface area contributed by atoms with E-state index in [0.717, 1.165) is 42.9 Å². The van der Waals surface area contributed by atoms with Crippen LogP contribution in [0.3, 0.4) is 0 Å². The van der Waals surface area contributed by atoms with E-state index in [9.17, 15) is 14.9 Å². The van der Waals surface area contributed by atoms with Gasteiger partial charge in [-0.05, 0) is 36.5 Å². The third kappa shape index (κ3) is 3.97. The van der Waals surface area contributed by atoms with Crippen LogP contribution in [0, 0.1) is 16.0 Å². The van der Waals surface area contributed by atoms with Gasteiger partial charge in [0.25, 0.3) is 11.6 Å². The number of anilines is 2. The van der Waals surface area contributed by atoms with E-state index in [1.54, 1.807) is 6.07 Å². The fourth-order valence-electron chi connectivity index (χ4n) is 4.37. The number of likely N-dealkylation sites (N-methyl/N-ethyl adjacent to an activating group) is 1. The van der Waals surface area contributed by atoms with Crippen LogP contribution in [0.5, 0.6) is 0 Å². The van der Waals surface area contributed by atoms with Crippen molar-refractivity contribution in [2.24, 2.45) is 5.92 Å². The van der Waals surface area contributed by atoms with Gasteiger partial charge in [0.2, 0.25) is 0 Å². The summed E-state index contributed by atoms with van der Waals surface area (Å²) in [4.78, 5) is 30.8. The molecular formula is C23H28N4O3. The Hall–Kier alpha value is -3.09. The van der Waals surface area contributed by atoms with Crippen molar-refractivity contribution in [3.63, 3.8) is 0 Å². The number of rotatable bonds is 3. The van der Waals surface area contributed by atoms with Crippen molar-refractivity contribution in [3.05, 3.63) is 63.7 Å². The molecule has 1 amide bonds. The fraction of sp³-hybridized carbons (Fsp3) is 0.435. The van der Waals surface area contributed by atoms with Gasteiger partial charge in [-0.15, -0.1) is 0 Å². The molecule has 0 saturated carbocycles. The van der Waals surface area contributed by atoms with Crippen LogP contribution < -0.4 is 9.80 Å². The van der Waals surface area contributed by atoms with Crippen LogP contribution in [0.2, 0.25) is 0 Å². The third-order valence-electron chi connectivity index (χ3n) is 6.30. The van der Waals surface area contributed by atoms with Crippen molar-refractivity contribution < 1.29 is 9.72 Å². The molecule has 1 saturated heterocycles. The Labute approximate surface area is 177 Å². The minimum Gasteiger partial charge on any atom is -0.373 e. The monoisotopic (exact) mass is 408 g/mol. The highest BCUT2D eigenvalue weighted by Crippen LogP contribution is 2.32. The van der Waals surface area contributed by atoms with E-state index in [1.165, 1.54) is 12.1 Å². The lowest BCUT2D eigenvalue weighted by atomic mass is 9.97. The van der Waals surface area contributed by atoms with Crippen molar-refractivity contribution in [3.8, 4) is 0 Å². The molecule has 0 N–H and O–H groups in total. The molecular weight excluding hydrogens is 380 g/mol. The highest BCUT2D eigenvalue weighted by atomic mass is 16.6. The lowest BCUT2D eigenvalue weighted by Crippen LogP contribution is -2.37. The number of non-ortho nitro benzene ring substituents is 1. The number of nitrogens with zero attached hydrogens (tertiary/aromatic N) is 4. The molecule has 0 aliphatic carbocycles. The lowest BCUT2D eigenvalue weighted by Gasteiger charge is -2.34. The SMILES string of the molecule is CC1CCN(c2ccc([N+](=O)[O-])cc2C(=O)N2CCN(C)c3ccccc3C2)CC1. The molecule has 0 aromatic heterocycles. The summed E-state index contributed by atoms with van der Waals surface area (Å²) in [7, 11) is 2.03. The zero-order valence-corrected chi connectivity index (χ0v) is 17.6. The normalized spacial score (nSPS) is 17.5. The molecule has 7 heteroatoms. The van der Waals surface area contributed by atoms with E-state index in [4.69, 9.17) is 0 Å². The van der Waals surface area contributed by atoms with Crippen LogP contribution in [-0.4, -0.2) is 49.0 Å². The maximum Gasteiger partial charge on any atom is 0.270 e. The topological polar surface area (TPSA) is 69.9 Å². The van der Waals surface area contributed by atoms with Gasteiger partial charge in [-0.25, -0.2) is 0 Å². The van der Waals surface area contributed by atoms with E-state index in [0.29, 0.717) is 31.1 Å². The van der Waals surface area contributed by atoms with Crippen LogP contribution in [-0.2, 0) is 6.54 Å². The van der Waals surface area contributed by atoms with E-state index in [2.05, 4.69) is 22.8 Å². The Kier molecular flexibility index (Phi) is 5.61. The molecule has 0 unspecified atom stereocenters. The number of carbonyl (C=O) groups excluding carboxylic acids is 1. The molecule has 0 spiro atoms. The molecule has 0 bridgehead atoms. The number of amides is 1. The van der Waals surface area contributed by atoms with E-state index in [-0.39, 0.29) is 11.6 Å². The number of nitro groups is 1. The van der Waals surface area contributed by atoms with Gasteiger partial charge in [0, 0.05) is 57.6 Å². The van der Waals surface area contributed by atoms with E-state index in [1.807, 2.05) is 30.1 Å². The Morgan fingerprint density at radius 2 is 1.77 bits per heavy atom. The van der Waals surface area contributed by atoms with Gasteiger partial charge in [-0.3, -0.25) is 14.9 Å². The van der Waals surface area contributed by atoms with Crippen molar-refractivity contribution in [2.45, 2.75) is 26.3 Å². The molecule has 0 atom stereocenters. The molecule has 2 aliphatic heterocycles. The molecule has 2 aromatic rings. The number of carbonyl (C=O) groups is 1. The number of benzene rings is 2. The first kappa shape index (κ1) is 20.2. The summed E-state index contributed by atoms with van der Waals surface area (Å²) >= 11 is 0. The second-order valence-corrected chi connectivity index (χ2v) is 8.41. The molecule has 0 radical (unpaired) electrons. The van der Waals surface area contributed by atoms with Crippen molar-refractivity contribution in [1.82, 2.24) is 4.90 Å². The zero-order valence-electron chi connectivity index (χ0n) is 17.6. The number of fused-ring (bicyclic) bond motifs is 1. The maximum absolute atomic E-state index is 13.6. The van der Waals surface area contributed by atoms with Crippen LogP contribution in [0.15, 0.2) is 42.5 Å². The number of nitro benzene ring substituents is 1. The molecule has 7 nitrogen and oxygen atoms in total. The van der Waals surface area contributed by atoms with Gasteiger partial charge in [-0.1, -0.05) is 25.1 Å². The smallest absolute Gasteiger partial charge is 0.270 e. The van der Waals surface area contributed by atoms with Crippen molar-refractivity contribution >= 4 is 23.0 Å². The summed E-state index contributed by atoms with van der Waals surface area (Å²) in [5.41, 5.74) is 3.41. The van der Waals surface area contributed by atoms with Gasteiger partial charge in [0.05, 0.1) is 16.2 Å². The number of hydrogen-bond donors (Lipinski definition) is 0. The molecule has 30 heavy (non-hydrogen) atoms. The van der Waals surface area contributed by atoms with Crippen LogP contribution in [0.4, 0.5) is 17.1 Å². The van der Waals surface area contributed by atoms with Crippen LogP contribution in [0.1, 0.15) is 35.7 Å². The van der Waals surface area contributed by atoms with Gasteiger partial charge < -0.3 is 14.7 Å². The highest BCUT2D eigenvalue weighted by molar-refractivity contribution is 6.00. The first-order valence-corrected chi connectivity index (χ1v) is 10.6. The standard InChI is InChI=1S/C23H28N4O3/c1-17-9-11-25(12-10-17)22-8-7-19(27(29)30)15-20(22)23(28)26-14-13-24(2)21-6-4-3-5-18(21)16-26/h3-8,15,17H,9-14,16H2,1-2H3. The molecule has 1 fully saturated rings. The van der Waals surface area contributed by atoms with Crippen LogP contribution in [0.25, 0.3) is 0 Å². The summed E-state index contributed by atoms with van der Waals surface area (Å²) < 4.78 is 0.